The van der Waals surface area contributed by atoms with Crippen LogP contribution in [0.3, 0.4) is 0 Å². The molecule has 2 nitrogen and oxygen atoms in total. The summed E-state index contributed by atoms with van der Waals surface area (Å²) < 4.78 is 2.11. The Kier molecular flexibility index (Phi) is 2.63. The Labute approximate surface area is 107 Å². The van der Waals surface area contributed by atoms with Crippen molar-refractivity contribution in [3.63, 3.8) is 0 Å². The standard InChI is InChI=1S/C16H16N2/c1-3-4-6-12-7-5-8-13-9-10-14-16(15(12)13)18(2)11-17-14/h3-5,7-11H,6H2,1-2H3/b4-3+. The van der Waals surface area contributed by atoms with E-state index >= 15 is 0 Å². The lowest BCUT2D eigenvalue weighted by Gasteiger charge is -2.07. The molecule has 18 heavy (non-hydrogen) atoms. The molecule has 0 spiro atoms. The molecule has 0 amide bonds. The van der Waals surface area contributed by atoms with Gasteiger partial charge in [-0.2, -0.15) is 0 Å². The summed E-state index contributed by atoms with van der Waals surface area (Å²) in [5, 5.41) is 2.61. The average Bonchev–Trinajstić information content (AvgIpc) is 2.78. The normalized spacial score (nSPS) is 11.9. The maximum atomic E-state index is 4.43. The van der Waals surface area contributed by atoms with E-state index in [1.54, 1.807) is 0 Å². The Morgan fingerprint density at radius 1 is 1.22 bits per heavy atom. The molecule has 0 N–H and O–H groups in total. The van der Waals surface area contributed by atoms with Gasteiger partial charge in [0, 0.05) is 12.4 Å². The predicted octanol–water partition coefficient (Wildman–Crippen LogP) is 3.85. The van der Waals surface area contributed by atoms with E-state index in [0.717, 1.165) is 11.9 Å². The van der Waals surface area contributed by atoms with Crippen molar-refractivity contribution < 1.29 is 0 Å². The Morgan fingerprint density at radius 2 is 2.11 bits per heavy atom. The van der Waals surface area contributed by atoms with Crippen LogP contribution in [0.15, 0.2) is 48.8 Å². The Morgan fingerprint density at radius 3 is 2.94 bits per heavy atom. The number of benzene rings is 2. The summed E-state index contributed by atoms with van der Waals surface area (Å²) in [5.41, 5.74) is 3.66. The van der Waals surface area contributed by atoms with Crippen molar-refractivity contribution >= 4 is 21.8 Å². The molecule has 3 rings (SSSR count). The van der Waals surface area contributed by atoms with Gasteiger partial charge in [-0.1, -0.05) is 36.4 Å². The highest BCUT2D eigenvalue weighted by Crippen LogP contribution is 2.27. The fourth-order valence-electron chi connectivity index (χ4n) is 2.51. The third-order valence-electron chi connectivity index (χ3n) is 3.38. The Bertz CT molecular complexity index is 735. The van der Waals surface area contributed by atoms with Crippen LogP contribution in [-0.4, -0.2) is 9.55 Å². The van der Waals surface area contributed by atoms with E-state index in [-0.39, 0.29) is 0 Å². The Balaban J connectivity index is 2.41. The van der Waals surface area contributed by atoms with Crippen LogP contribution in [-0.2, 0) is 13.5 Å². The predicted molar refractivity (Wildman–Crippen MR) is 76.7 cm³/mol. The van der Waals surface area contributed by atoms with Gasteiger partial charge >= 0.3 is 0 Å². The number of nitrogens with zero attached hydrogens (tertiary/aromatic N) is 2. The molecule has 0 atom stereocenters. The maximum Gasteiger partial charge on any atom is 0.0955 e. The summed E-state index contributed by atoms with van der Waals surface area (Å²) in [4.78, 5) is 4.43. The van der Waals surface area contributed by atoms with E-state index in [1.807, 2.05) is 6.33 Å². The first-order chi connectivity index (χ1) is 8.81. The molecule has 0 fully saturated rings. The van der Waals surface area contributed by atoms with Gasteiger partial charge < -0.3 is 4.57 Å². The summed E-state index contributed by atoms with van der Waals surface area (Å²) in [7, 11) is 2.06. The molecule has 0 saturated heterocycles. The fraction of sp³-hybridized carbons (Fsp3) is 0.188. The van der Waals surface area contributed by atoms with Crippen LogP contribution in [0.2, 0.25) is 0 Å². The zero-order valence-corrected chi connectivity index (χ0v) is 10.7. The van der Waals surface area contributed by atoms with Crippen LogP contribution in [0, 0.1) is 0 Å². The molecule has 0 saturated carbocycles. The molecule has 2 aromatic carbocycles. The second-order valence-corrected chi connectivity index (χ2v) is 4.58. The number of aryl methyl sites for hydroxylation is 1. The van der Waals surface area contributed by atoms with Gasteiger partial charge in [-0.3, -0.25) is 0 Å². The monoisotopic (exact) mass is 236 g/mol. The third-order valence-corrected chi connectivity index (χ3v) is 3.38. The van der Waals surface area contributed by atoms with Crippen LogP contribution in [0.4, 0.5) is 0 Å². The molecule has 0 bridgehead atoms. The molecule has 90 valence electrons. The highest BCUT2D eigenvalue weighted by atomic mass is 15.0. The summed E-state index contributed by atoms with van der Waals surface area (Å²) >= 11 is 0. The number of hydrogen-bond acceptors (Lipinski definition) is 1. The molecule has 0 aliphatic rings. The Hall–Kier alpha value is -2.09. The number of allylic oxidation sites excluding steroid dienone is 2. The number of hydrogen-bond donors (Lipinski definition) is 0. The maximum absolute atomic E-state index is 4.43. The number of rotatable bonds is 2. The van der Waals surface area contributed by atoms with Crippen molar-refractivity contribution in [2.45, 2.75) is 13.3 Å². The van der Waals surface area contributed by atoms with Crippen LogP contribution in [0.5, 0.6) is 0 Å². The first-order valence-electron chi connectivity index (χ1n) is 6.24. The zero-order valence-electron chi connectivity index (χ0n) is 10.7. The smallest absolute Gasteiger partial charge is 0.0955 e. The van der Waals surface area contributed by atoms with Crippen molar-refractivity contribution in [2.75, 3.05) is 0 Å². The lowest BCUT2D eigenvalue weighted by Crippen LogP contribution is -1.90. The van der Waals surface area contributed by atoms with E-state index in [2.05, 4.69) is 66.0 Å². The van der Waals surface area contributed by atoms with Crippen molar-refractivity contribution in [1.82, 2.24) is 9.55 Å². The van der Waals surface area contributed by atoms with Crippen molar-refractivity contribution in [3.05, 3.63) is 54.4 Å². The first-order valence-corrected chi connectivity index (χ1v) is 6.24. The molecule has 0 aliphatic carbocycles. The van der Waals surface area contributed by atoms with Gasteiger partial charge in [0.2, 0.25) is 0 Å². The number of aromatic nitrogens is 2. The quantitative estimate of drug-likeness (QED) is 0.618. The molecular formula is C16H16N2. The minimum absolute atomic E-state index is 0.970. The van der Waals surface area contributed by atoms with E-state index in [9.17, 15) is 0 Å². The van der Waals surface area contributed by atoms with Gasteiger partial charge in [0.15, 0.2) is 0 Å². The average molecular weight is 236 g/mol. The van der Waals surface area contributed by atoms with Gasteiger partial charge in [0.25, 0.3) is 0 Å². The second-order valence-electron chi connectivity index (χ2n) is 4.58. The molecule has 0 aliphatic heterocycles. The van der Waals surface area contributed by atoms with E-state index in [0.29, 0.717) is 0 Å². The van der Waals surface area contributed by atoms with Crippen LogP contribution >= 0.6 is 0 Å². The molecular weight excluding hydrogens is 220 g/mol. The minimum Gasteiger partial charge on any atom is -0.333 e. The van der Waals surface area contributed by atoms with Crippen molar-refractivity contribution in [3.8, 4) is 0 Å². The third kappa shape index (κ3) is 1.61. The lowest BCUT2D eigenvalue weighted by atomic mass is 10.0. The SMILES string of the molecule is C/C=C/Cc1cccc2ccc3ncn(C)c3c12. The highest BCUT2D eigenvalue weighted by Gasteiger charge is 2.08. The number of fused-ring (bicyclic) bond motifs is 3. The zero-order chi connectivity index (χ0) is 12.5. The lowest BCUT2D eigenvalue weighted by molar-refractivity contribution is 0.950. The number of imidazole rings is 1. The van der Waals surface area contributed by atoms with Crippen LogP contribution < -0.4 is 0 Å². The van der Waals surface area contributed by atoms with E-state index in [1.165, 1.54) is 21.9 Å². The van der Waals surface area contributed by atoms with Gasteiger partial charge in [-0.05, 0) is 30.4 Å². The molecule has 2 heteroatoms. The van der Waals surface area contributed by atoms with E-state index in [4.69, 9.17) is 0 Å². The van der Waals surface area contributed by atoms with Crippen molar-refractivity contribution in [2.24, 2.45) is 7.05 Å². The summed E-state index contributed by atoms with van der Waals surface area (Å²) in [6.45, 7) is 2.06. The fourth-order valence-corrected chi connectivity index (χ4v) is 2.51. The van der Waals surface area contributed by atoms with Gasteiger partial charge in [-0.25, -0.2) is 4.98 Å². The summed E-state index contributed by atoms with van der Waals surface area (Å²) in [6.07, 6.45) is 7.15. The largest absolute Gasteiger partial charge is 0.333 e. The molecule has 3 aromatic rings. The van der Waals surface area contributed by atoms with Gasteiger partial charge in [0.05, 0.1) is 17.4 Å². The molecule has 0 radical (unpaired) electrons. The highest BCUT2D eigenvalue weighted by molar-refractivity contribution is 6.06. The van der Waals surface area contributed by atoms with Gasteiger partial charge in [0.1, 0.15) is 0 Å². The van der Waals surface area contributed by atoms with Crippen molar-refractivity contribution in [1.29, 1.82) is 0 Å². The minimum atomic E-state index is 0.970. The molecule has 0 unspecified atom stereocenters. The molecule has 1 aromatic heterocycles. The van der Waals surface area contributed by atoms with Gasteiger partial charge in [-0.15, -0.1) is 0 Å². The molecule has 1 heterocycles. The van der Waals surface area contributed by atoms with Crippen LogP contribution in [0.1, 0.15) is 12.5 Å². The van der Waals surface area contributed by atoms with E-state index < -0.39 is 0 Å². The first kappa shape index (κ1) is 11.0. The topological polar surface area (TPSA) is 17.8 Å². The summed E-state index contributed by atoms with van der Waals surface area (Å²) in [5.74, 6) is 0. The van der Waals surface area contributed by atoms with Crippen LogP contribution in [0.25, 0.3) is 21.8 Å². The second kappa shape index (κ2) is 4.30. The summed E-state index contributed by atoms with van der Waals surface area (Å²) in [6, 6.07) is 10.8.